The zero-order valence-corrected chi connectivity index (χ0v) is 12.8. The van der Waals surface area contributed by atoms with Crippen molar-refractivity contribution in [2.45, 2.75) is 26.3 Å². The van der Waals surface area contributed by atoms with Crippen LogP contribution in [0.1, 0.15) is 36.7 Å². The maximum atomic E-state index is 5.70. The van der Waals surface area contributed by atoms with Crippen LogP contribution in [-0.2, 0) is 6.54 Å². The third kappa shape index (κ3) is 2.99. The lowest BCUT2D eigenvalue weighted by Gasteiger charge is -2.14. The molecule has 0 saturated heterocycles. The average molecular weight is 289 g/mol. The Kier molecular flexibility index (Phi) is 4.39. The van der Waals surface area contributed by atoms with E-state index in [2.05, 4.69) is 23.4 Å². The first-order valence-electron chi connectivity index (χ1n) is 6.50. The van der Waals surface area contributed by atoms with Gasteiger partial charge in [-0.15, -0.1) is 0 Å². The molecule has 2 aromatic rings. The number of thiocarbonyl (C=S) groups is 1. The van der Waals surface area contributed by atoms with Crippen LogP contribution >= 0.6 is 12.2 Å². The van der Waals surface area contributed by atoms with E-state index in [1.807, 2.05) is 30.6 Å². The summed E-state index contributed by atoms with van der Waals surface area (Å²) < 4.78 is 7.53. The molecule has 0 radical (unpaired) electrons. The molecule has 2 rings (SSSR count). The van der Waals surface area contributed by atoms with Crippen LogP contribution in [0, 0.1) is 0 Å². The Balaban J connectivity index is 2.38. The maximum absolute atomic E-state index is 5.70. The second kappa shape index (κ2) is 6.05. The molecule has 20 heavy (non-hydrogen) atoms. The van der Waals surface area contributed by atoms with Gasteiger partial charge in [0.25, 0.3) is 0 Å². The second-order valence-electron chi connectivity index (χ2n) is 4.96. The van der Waals surface area contributed by atoms with Crippen molar-refractivity contribution in [2.75, 3.05) is 7.11 Å². The Bertz CT molecular complexity index is 619. The van der Waals surface area contributed by atoms with E-state index in [9.17, 15) is 0 Å². The predicted molar refractivity (Wildman–Crippen MR) is 84.3 cm³/mol. The number of aromatic nitrogens is 2. The van der Waals surface area contributed by atoms with Crippen LogP contribution in [-0.4, -0.2) is 21.6 Å². The SMILES string of the molecule is COc1ccc(C(N)=S)cc1Cn1ccnc1C(C)C. The zero-order chi connectivity index (χ0) is 14.7. The monoisotopic (exact) mass is 289 g/mol. The average Bonchev–Trinajstić information content (AvgIpc) is 2.87. The number of benzene rings is 1. The van der Waals surface area contributed by atoms with Gasteiger partial charge in [-0.05, 0) is 18.2 Å². The number of nitrogens with two attached hydrogens (primary N) is 1. The van der Waals surface area contributed by atoms with Crippen molar-refractivity contribution in [3.05, 3.63) is 47.5 Å². The standard InChI is InChI=1S/C15H19N3OS/c1-10(2)15-17-6-7-18(15)9-12-8-11(14(16)20)4-5-13(12)19-3/h4-8,10H,9H2,1-3H3,(H2,16,20). The lowest BCUT2D eigenvalue weighted by atomic mass is 10.1. The lowest BCUT2D eigenvalue weighted by Crippen LogP contribution is -2.12. The van der Waals surface area contributed by atoms with Gasteiger partial charge in [0.15, 0.2) is 0 Å². The molecule has 0 aliphatic carbocycles. The number of rotatable bonds is 5. The minimum absolute atomic E-state index is 0.370. The molecule has 0 aliphatic heterocycles. The van der Waals surface area contributed by atoms with E-state index in [1.165, 1.54) is 0 Å². The summed E-state index contributed by atoms with van der Waals surface area (Å²) in [5.41, 5.74) is 7.59. The summed E-state index contributed by atoms with van der Waals surface area (Å²) in [7, 11) is 1.66. The highest BCUT2D eigenvalue weighted by atomic mass is 32.1. The highest BCUT2D eigenvalue weighted by molar-refractivity contribution is 7.80. The third-order valence-corrected chi connectivity index (χ3v) is 3.41. The predicted octanol–water partition coefficient (Wildman–Crippen LogP) is 2.70. The van der Waals surface area contributed by atoms with E-state index >= 15 is 0 Å². The number of hydrogen-bond acceptors (Lipinski definition) is 3. The summed E-state index contributed by atoms with van der Waals surface area (Å²) in [6, 6.07) is 5.75. The molecule has 2 N–H and O–H groups in total. The Labute approximate surface area is 124 Å². The van der Waals surface area contributed by atoms with Gasteiger partial charge in [0.2, 0.25) is 0 Å². The van der Waals surface area contributed by atoms with Crippen molar-refractivity contribution in [3.63, 3.8) is 0 Å². The van der Waals surface area contributed by atoms with E-state index < -0.39 is 0 Å². The molecule has 1 aromatic heterocycles. The van der Waals surface area contributed by atoms with Gasteiger partial charge in [-0.2, -0.15) is 0 Å². The quantitative estimate of drug-likeness (QED) is 0.860. The molecular weight excluding hydrogens is 270 g/mol. The molecule has 0 aliphatic rings. The van der Waals surface area contributed by atoms with Crippen molar-refractivity contribution in [3.8, 4) is 5.75 Å². The number of nitrogens with zero attached hydrogens (tertiary/aromatic N) is 2. The number of imidazole rings is 1. The summed E-state index contributed by atoms with van der Waals surface area (Å²) in [5, 5.41) is 0. The molecule has 0 saturated carbocycles. The molecule has 0 amide bonds. The molecule has 106 valence electrons. The number of hydrogen-bond donors (Lipinski definition) is 1. The van der Waals surface area contributed by atoms with Crippen molar-refractivity contribution in [1.29, 1.82) is 0 Å². The van der Waals surface area contributed by atoms with Crippen LogP contribution in [0.3, 0.4) is 0 Å². The summed E-state index contributed by atoms with van der Waals surface area (Å²) in [4.78, 5) is 4.79. The van der Waals surface area contributed by atoms with Crippen LogP contribution in [0.25, 0.3) is 0 Å². The van der Waals surface area contributed by atoms with Gasteiger partial charge in [-0.25, -0.2) is 4.98 Å². The first-order chi connectivity index (χ1) is 9.52. The fourth-order valence-electron chi connectivity index (χ4n) is 2.19. The minimum atomic E-state index is 0.370. The number of ether oxygens (including phenoxy) is 1. The molecule has 0 spiro atoms. The molecule has 5 heteroatoms. The largest absolute Gasteiger partial charge is 0.496 e. The molecule has 0 fully saturated rings. The van der Waals surface area contributed by atoms with Gasteiger partial charge in [0.1, 0.15) is 16.6 Å². The van der Waals surface area contributed by atoms with E-state index in [4.69, 9.17) is 22.7 Å². The molecule has 0 unspecified atom stereocenters. The summed E-state index contributed by atoms with van der Waals surface area (Å²) in [6.45, 7) is 4.94. The van der Waals surface area contributed by atoms with Crippen LogP contribution in [0.4, 0.5) is 0 Å². The van der Waals surface area contributed by atoms with Gasteiger partial charge in [0.05, 0.1) is 13.7 Å². The van der Waals surface area contributed by atoms with Gasteiger partial charge >= 0.3 is 0 Å². The fraction of sp³-hybridized carbons (Fsp3) is 0.333. The smallest absolute Gasteiger partial charge is 0.123 e. The second-order valence-corrected chi connectivity index (χ2v) is 5.40. The molecule has 0 bridgehead atoms. The van der Waals surface area contributed by atoms with Crippen molar-refractivity contribution < 1.29 is 4.74 Å². The van der Waals surface area contributed by atoms with Crippen molar-refractivity contribution in [2.24, 2.45) is 5.73 Å². The highest BCUT2D eigenvalue weighted by Crippen LogP contribution is 2.23. The fourth-order valence-corrected chi connectivity index (χ4v) is 2.32. The normalized spacial score (nSPS) is 10.8. The van der Waals surface area contributed by atoms with Gasteiger partial charge in [0, 0.05) is 29.4 Å². The van der Waals surface area contributed by atoms with E-state index in [1.54, 1.807) is 7.11 Å². The topological polar surface area (TPSA) is 53.1 Å². The highest BCUT2D eigenvalue weighted by Gasteiger charge is 2.11. The van der Waals surface area contributed by atoms with Crippen molar-refractivity contribution in [1.82, 2.24) is 9.55 Å². The third-order valence-electron chi connectivity index (χ3n) is 3.17. The Morgan fingerprint density at radius 3 is 2.80 bits per heavy atom. The molecule has 1 aromatic carbocycles. The molecule has 4 nitrogen and oxygen atoms in total. The summed E-state index contributed by atoms with van der Waals surface area (Å²) in [5.74, 6) is 2.25. The zero-order valence-electron chi connectivity index (χ0n) is 12.0. The summed E-state index contributed by atoms with van der Waals surface area (Å²) >= 11 is 5.03. The molecule has 1 heterocycles. The van der Waals surface area contributed by atoms with Crippen LogP contribution in [0.2, 0.25) is 0 Å². The van der Waals surface area contributed by atoms with Crippen LogP contribution < -0.4 is 10.5 Å². The molecule has 0 atom stereocenters. The van der Waals surface area contributed by atoms with E-state index in [-0.39, 0.29) is 0 Å². The first kappa shape index (κ1) is 14.5. The first-order valence-corrected chi connectivity index (χ1v) is 6.91. The van der Waals surface area contributed by atoms with E-state index in [0.717, 1.165) is 22.7 Å². The van der Waals surface area contributed by atoms with Gasteiger partial charge in [-0.1, -0.05) is 26.1 Å². The maximum Gasteiger partial charge on any atom is 0.123 e. The number of methoxy groups -OCH3 is 1. The van der Waals surface area contributed by atoms with Gasteiger partial charge < -0.3 is 15.0 Å². The Morgan fingerprint density at radius 2 is 2.20 bits per heavy atom. The van der Waals surface area contributed by atoms with Crippen LogP contribution in [0.15, 0.2) is 30.6 Å². The minimum Gasteiger partial charge on any atom is -0.496 e. The Hall–Kier alpha value is -1.88. The Morgan fingerprint density at radius 1 is 1.45 bits per heavy atom. The summed E-state index contributed by atoms with van der Waals surface area (Å²) in [6.07, 6.45) is 3.79. The lowest BCUT2D eigenvalue weighted by molar-refractivity contribution is 0.408. The molecular formula is C15H19N3OS. The van der Waals surface area contributed by atoms with Gasteiger partial charge in [-0.3, -0.25) is 0 Å². The van der Waals surface area contributed by atoms with E-state index in [0.29, 0.717) is 17.5 Å². The van der Waals surface area contributed by atoms with Crippen LogP contribution in [0.5, 0.6) is 5.75 Å². The van der Waals surface area contributed by atoms with Crippen molar-refractivity contribution >= 4 is 17.2 Å².